The van der Waals surface area contributed by atoms with Gasteiger partial charge in [0.15, 0.2) is 0 Å². The number of hydrogen-bond donors (Lipinski definition) is 3. The molecule has 0 radical (unpaired) electrons. The van der Waals surface area contributed by atoms with Crippen LogP contribution in [0, 0.1) is 5.41 Å². The Labute approximate surface area is 73.1 Å². The maximum atomic E-state index is 10.5. The van der Waals surface area contributed by atoms with E-state index in [4.69, 9.17) is 15.3 Å². The SMILES string of the molecule is CC=CC(C(=O)O)(C(=O)O)C(=O)O. The van der Waals surface area contributed by atoms with Crippen LogP contribution in [0.25, 0.3) is 0 Å². The van der Waals surface area contributed by atoms with Gasteiger partial charge in [0, 0.05) is 0 Å². The molecule has 0 unspecified atom stereocenters. The van der Waals surface area contributed by atoms with Gasteiger partial charge in [0.1, 0.15) is 0 Å². The summed E-state index contributed by atoms with van der Waals surface area (Å²) in [5.74, 6) is -5.78. The molecular weight excluding hydrogens is 180 g/mol. The van der Waals surface area contributed by atoms with E-state index >= 15 is 0 Å². The third-order valence-electron chi connectivity index (χ3n) is 1.43. The van der Waals surface area contributed by atoms with Gasteiger partial charge in [0.05, 0.1) is 0 Å². The molecule has 0 fully saturated rings. The van der Waals surface area contributed by atoms with Gasteiger partial charge >= 0.3 is 17.9 Å². The smallest absolute Gasteiger partial charge is 0.336 e. The minimum absolute atomic E-state index is 0.611. The Morgan fingerprint density at radius 1 is 1.00 bits per heavy atom. The lowest BCUT2D eigenvalue weighted by Gasteiger charge is -2.14. The lowest BCUT2D eigenvalue weighted by Crippen LogP contribution is -2.44. The number of carboxylic acid groups (broad SMARTS) is 3. The van der Waals surface area contributed by atoms with Crippen molar-refractivity contribution in [3.63, 3.8) is 0 Å². The van der Waals surface area contributed by atoms with E-state index in [1.807, 2.05) is 0 Å². The molecule has 0 aliphatic rings. The highest BCUT2D eigenvalue weighted by molar-refractivity contribution is 6.18. The van der Waals surface area contributed by atoms with E-state index in [1.54, 1.807) is 0 Å². The predicted octanol–water partition coefficient (Wildman–Crippen LogP) is -0.197. The van der Waals surface area contributed by atoms with E-state index in [0.717, 1.165) is 6.08 Å². The maximum Gasteiger partial charge on any atom is 0.336 e. The molecule has 13 heavy (non-hydrogen) atoms. The van der Waals surface area contributed by atoms with Crippen molar-refractivity contribution in [3.8, 4) is 0 Å². The molecule has 0 heterocycles. The fraction of sp³-hybridized carbons (Fsp3) is 0.286. The highest BCUT2D eigenvalue weighted by Crippen LogP contribution is 2.20. The van der Waals surface area contributed by atoms with Crippen LogP contribution in [0.15, 0.2) is 12.2 Å². The summed E-state index contributed by atoms with van der Waals surface area (Å²) in [6, 6.07) is 0. The van der Waals surface area contributed by atoms with Gasteiger partial charge in [-0.3, -0.25) is 14.4 Å². The van der Waals surface area contributed by atoms with Crippen LogP contribution in [0.5, 0.6) is 0 Å². The van der Waals surface area contributed by atoms with E-state index in [9.17, 15) is 14.4 Å². The molecule has 0 aromatic rings. The van der Waals surface area contributed by atoms with Crippen molar-refractivity contribution < 1.29 is 29.7 Å². The third-order valence-corrected chi connectivity index (χ3v) is 1.43. The van der Waals surface area contributed by atoms with Crippen molar-refractivity contribution in [3.05, 3.63) is 12.2 Å². The molecule has 0 saturated carbocycles. The summed E-state index contributed by atoms with van der Waals surface area (Å²) in [5, 5.41) is 25.4. The number of allylic oxidation sites excluding steroid dienone is 1. The van der Waals surface area contributed by atoms with E-state index in [-0.39, 0.29) is 0 Å². The topological polar surface area (TPSA) is 112 Å². The van der Waals surface area contributed by atoms with Gasteiger partial charge < -0.3 is 15.3 Å². The molecule has 6 nitrogen and oxygen atoms in total. The van der Waals surface area contributed by atoms with Gasteiger partial charge in [-0.05, 0) is 13.0 Å². The molecule has 0 aromatic heterocycles. The molecule has 0 spiro atoms. The molecule has 3 N–H and O–H groups in total. The van der Waals surface area contributed by atoms with Crippen LogP contribution >= 0.6 is 0 Å². The third kappa shape index (κ3) is 1.66. The molecular formula is C7H8O6. The molecule has 72 valence electrons. The molecule has 0 aliphatic heterocycles. The monoisotopic (exact) mass is 188 g/mol. The first-order valence-corrected chi connectivity index (χ1v) is 3.23. The Kier molecular flexibility index (Phi) is 3.18. The predicted molar refractivity (Wildman–Crippen MR) is 40.2 cm³/mol. The highest BCUT2D eigenvalue weighted by Gasteiger charge is 2.52. The number of hydrogen-bond acceptors (Lipinski definition) is 3. The summed E-state index contributed by atoms with van der Waals surface area (Å²) in [7, 11) is 0. The zero-order valence-corrected chi connectivity index (χ0v) is 6.72. The second kappa shape index (κ2) is 3.70. The molecule has 6 heteroatoms. The fourth-order valence-corrected chi connectivity index (χ4v) is 0.738. The summed E-state index contributed by atoms with van der Waals surface area (Å²) in [5.41, 5.74) is -2.88. The van der Waals surface area contributed by atoms with Gasteiger partial charge in [-0.15, -0.1) is 0 Å². The van der Waals surface area contributed by atoms with Crippen molar-refractivity contribution >= 4 is 17.9 Å². The fourth-order valence-electron chi connectivity index (χ4n) is 0.738. The highest BCUT2D eigenvalue weighted by atomic mass is 16.4. The summed E-state index contributed by atoms with van der Waals surface area (Å²) in [4.78, 5) is 31.4. The van der Waals surface area contributed by atoms with Crippen molar-refractivity contribution in [2.24, 2.45) is 5.41 Å². The molecule has 0 rings (SSSR count). The summed E-state index contributed by atoms with van der Waals surface area (Å²) >= 11 is 0. The Hall–Kier alpha value is -1.85. The van der Waals surface area contributed by atoms with Gasteiger partial charge in [-0.2, -0.15) is 0 Å². The van der Waals surface area contributed by atoms with Gasteiger partial charge in [-0.1, -0.05) is 6.08 Å². The van der Waals surface area contributed by atoms with Crippen LogP contribution in [0.3, 0.4) is 0 Å². The first-order chi connectivity index (χ1) is 5.89. The van der Waals surface area contributed by atoms with Crippen molar-refractivity contribution in [2.45, 2.75) is 6.92 Å². The largest absolute Gasteiger partial charge is 0.480 e. The Bertz CT molecular complexity index is 241. The second-order valence-corrected chi connectivity index (χ2v) is 2.22. The zero-order valence-electron chi connectivity index (χ0n) is 6.72. The van der Waals surface area contributed by atoms with Crippen LogP contribution in [0.4, 0.5) is 0 Å². The maximum absolute atomic E-state index is 10.5. The Balaban J connectivity index is 5.45. The van der Waals surface area contributed by atoms with E-state index in [2.05, 4.69) is 0 Å². The molecule has 0 saturated heterocycles. The minimum Gasteiger partial charge on any atom is -0.480 e. The Morgan fingerprint density at radius 3 is 1.38 bits per heavy atom. The summed E-state index contributed by atoms with van der Waals surface area (Å²) in [6.07, 6.45) is 1.68. The van der Waals surface area contributed by atoms with Crippen LogP contribution in [-0.2, 0) is 14.4 Å². The average molecular weight is 188 g/mol. The van der Waals surface area contributed by atoms with Crippen molar-refractivity contribution in [1.29, 1.82) is 0 Å². The van der Waals surface area contributed by atoms with E-state index < -0.39 is 23.3 Å². The van der Waals surface area contributed by atoms with Crippen LogP contribution < -0.4 is 0 Å². The van der Waals surface area contributed by atoms with Crippen LogP contribution in [0.1, 0.15) is 6.92 Å². The lowest BCUT2D eigenvalue weighted by atomic mass is 9.88. The lowest BCUT2D eigenvalue weighted by molar-refractivity contribution is -0.171. The van der Waals surface area contributed by atoms with Crippen molar-refractivity contribution in [1.82, 2.24) is 0 Å². The van der Waals surface area contributed by atoms with Crippen molar-refractivity contribution in [2.75, 3.05) is 0 Å². The second-order valence-electron chi connectivity index (χ2n) is 2.22. The Morgan fingerprint density at radius 2 is 1.31 bits per heavy atom. The number of rotatable bonds is 4. The number of aliphatic carboxylic acids is 3. The van der Waals surface area contributed by atoms with Crippen LogP contribution in [-0.4, -0.2) is 33.2 Å². The number of carboxylic acids is 3. The van der Waals surface area contributed by atoms with Gasteiger partial charge in [0.2, 0.25) is 0 Å². The minimum atomic E-state index is -2.88. The molecule has 0 aromatic carbocycles. The average Bonchev–Trinajstić information content (AvgIpc) is 1.97. The zero-order chi connectivity index (χ0) is 10.6. The summed E-state index contributed by atoms with van der Waals surface area (Å²) in [6.45, 7) is 1.34. The van der Waals surface area contributed by atoms with E-state index in [0.29, 0.717) is 6.08 Å². The van der Waals surface area contributed by atoms with E-state index in [1.165, 1.54) is 6.92 Å². The molecule has 0 amide bonds. The van der Waals surface area contributed by atoms with Crippen LogP contribution in [0.2, 0.25) is 0 Å². The quantitative estimate of drug-likeness (QED) is 0.416. The summed E-state index contributed by atoms with van der Waals surface area (Å²) < 4.78 is 0. The molecule has 0 atom stereocenters. The number of carbonyl (C=O) groups is 3. The molecule has 0 bridgehead atoms. The standard InChI is InChI=1S/C7H8O6/c1-2-3-7(4(8)9,5(10)11)6(12)13/h2-3H,1H3,(H,8,9)(H,10,11)(H,12,13). The normalized spacial score (nSPS) is 11.5. The van der Waals surface area contributed by atoms with Gasteiger partial charge in [-0.25, -0.2) is 0 Å². The first-order valence-electron chi connectivity index (χ1n) is 3.23. The first kappa shape index (κ1) is 11.2. The van der Waals surface area contributed by atoms with Gasteiger partial charge in [0.25, 0.3) is 5.41 Å². The molecule has 0 aliphatic carbocycles.